The van der Waals surface area contributed by atoms with Crippen LogP contribution in [-0.2, 0) is 16.6 Å². The zero-order valence-electron chi connectivity index (χ0n) is 12.4. The zero-order valence-corrected chi connectivity index (χ0v) is 13.2. The van der Waals surface area contributed by atoms with E-state index >= 15 is 0 Å². The fraction of sp³-hybridized carbons (Fsp3) is 0.357. The van der Waals surface area contributed by atoms with Crippen LogP contribution in [0.5, 0.6) is 0 Å². The Balaban J connectivity index is 2.17. The van der Waals surface area contributed by atoms with Crippen LogP contribution in [0.1, 0.15) is 23.9 Å². The average molecular weight is 308 g/mol. The van der Waals surface area contributed by atoms with Crippen molar-refractivity contribution in [1.29, 1.82) is 0 Å². The molecule has 0 atom stereocenters. The maximum atomic E-state index is 12.4. The van der Waals surface area contributed by atoms with Gasteiger partial charge in [-0.25, -0.2) is 8.42 Å². The fourth-order valence-corrected chi connectivity index (χ4v) is 3.53. The van der Waals surface area contributed by atoms with Crippen molar-refractivity contribution in [2.24, 2.45) is 0 Å². The van der Waals surface area contributed by atoms with Crippen molar-refractivity contribution in [2.45, 2.75) is 32.2 Å². The second kappa shape index (κ2) is 6.28. The first kappa shape index (κ1) is 15.5. The molecular formula is C14H20N4O2S. The summed E-state index contributed by atoms with van der Waals surface area (Å²) < 4.78 is 27.3. The van der Waals surface area contributed by atoms with Crippen molar-refractivity contribution in [3.63, 3.8) is 0 Å². The van der Waals surface area contributed by atoms with Gasteiger partial charge in [-0.2, -0.15) is 5.10 Å². The van der Waals surface area contributed by atoms with E-state index < -0.39 is 10.0 Å². The summed E-state index contributed by atoms with van der Waals surface area (Å²) in [5, 5.41) is 9.82. The largest absolute Gasteiger partial charge is 0.313 e. The van der Waals surface area contributed by atoms with Crippen LogP contribution in [-0.4, -0.2) is 25.2 Å². The molecule has 0 bridgehead atoms. The van der Waals surface area contributed by atoms with Gasteiger partial charge in [0, 0.05) is 12.2 Å². The molecule has 1 aromatic heterocycles. The first-order valence-electron chi connectivity index (χ1n) is 6.78. The summed E-state index contributed by atoms with van der Waals surface area (Å²) in [6.45, 7) is 7.06. The monoisotopic (exact) mass is 308 g/mol. The molecule has 0 unspecified atom stereocenters. The summed E-state index contributed by atoms with van der Waals surface area (Å²) in [7, 11) is -3.62. The molecule has 2 aromatic rings. The molecule has 0 aliphatic heterocycles. The van der Waals surface area contributed by atoms with Gasteiger partial charge in [-0.05, 0) is 38.1 Å². The van der Waals surface area contributed by atoms with E-state index in [-0.39, 0.29) is 4.90 Å². The number of hydrogen-bond donors (Lipinski definition) is 3. The van der Waals surface area contributed by atoms with Gasteiger partial charge in [0.25, 0.3) is 10.0 Å². The molecule has 21 heavy (non-hydrogen) atoms. The normalized spacial score (nSPS) is 11.6. The summed E-state index contributed by atoms with van der Waals surface area (Å²) in [6.07, 6.45) is 0. The quantitative estimate of drug-likeness (QED) is 0.761. The second-order valence-electron chi connectivity index (χ2n) is 4.85. The van der Waals surface area contributed by atoms with E-state index in [1.54, 1.807) is 26.0 Å². The lowest BCUT2D eigenvalue weighted by atomic mass is 10.2. The summed E-state index contributed by atoms with van der Waals surface area (Å²) in [4.78, 5) is 0.208. The molecule has 1 heterocycles. The van der Waals surface area contributed by atoms with E-state index in [9.17, 15) is 8.42 Å². The number of aromatic nitrogens is 2. The smallest absolute Gasteiger partial charge is 0.265 e. The number of sulfonamides is 1. The molecule has 0 fully saturated rings. The first-order valence-corrected chi connectivity index (χ1v) is 8.26. The van der Waals surface area contributed by atoms with Crippen molar-refractivity contribution < 1.29 is 8.42 Å². The highest BCUT2D eigenvalue weighted by Gasteiger charge is 2.22. The van der Waals surface area contributed by atoms with Crippen LogP contribution in [0.3, 0.4) is 0 Å². The lowest BCUT2D eigenvalue weighted by Crippen LogP contribution is -2.15. The standard InChI is InChI=1S/C14H20N4O2S/c1-4-15-9-12-5-7-13(8-6-12)18-21(19,20)14-10(2)16-17-11(14)3/h5-8,15,18H,4,9H2,1-3H3,(H,16,17). The molecule has 0 amide bonds. The van der Waals surface area contributed by atoms with Crippen LogP contribution in [0.25, 0.3) is 0 Å². The van der Waals surface area contributed by atoms with Gasteiger partial charge >= 0.3 is 0 Å². The Bertz CT molecular complexity index is 686. The predicted molar refractivity (Wildman–Crippen MR) is 82.7 cm³/mol. The molecule has 0 saturated heterocycles. The van der Waals surface area contributed by atoms with E-state index in [4.69, 9.17) is 0 Å². The maximum absolute atomic E-state index is 12.4. The van der Waals surface area contributed by atoms with Gasteiger partial charge in [-0.15, -0.1) is 0 Å². The van der Waals surface area contributed by atoms with E-state index in [0.29, 0.717) is 17.1 Å². The third kappa shape index (κ3) is 3.62. The third-order valence-corrected chi connectivity index (χ3v) is 4.76. The van der Waals surface area contributed by atoms with E-state index in [1.165, 1.54) is 0 Å². The average Bonchev–Trinajstić information content (AvgIpc) is 2.77. The Morgan fingerprint density at radius 1 is 1.19 bits per heavy atom. The van der Waals surface area contributed by atoms with Crippen molar-refractivity contribution in [3.05, 3.63) is 41.2 Å². The van der Waals surface area contributed by atoms with Crippen molar-refractivity contribution in [1.82, 2.24) is 15.5 Å². The van der Waals surface area contributed by atoms with Crippen LogP contribution >= 0.6 is 0 Å². The van der Waals surface area contributed by atoms with Gasteiger partial charge in [0.15, 0.2) is 0 Å². The molecule has 6 nitrogen and oxygen atoms in total. The molecule has 1 aromatic carbocycles. The zero-order chi connectivity index (χ0) is 15.5. The summed E-state index contributed by atoms with van der Waals surface area (Å²) in [6, 6.07) is 7.31. The number of H-pyrrole nitrogens is 1. The molecule has 0 aliphatic rings. The number of aromatic amines is 1. The number of nitrogens with one attached hydrogen (secondary N) is 3. The highest BCUT2D eigenvalue weighted by molar-refractivity contribution is 7.92. The molecule has 0 aliphatic carbocycles. The molecule has 0 radical (unpaired) electrons. The molecule has 7 heteroatoms. The topological polar surface area (TPSA) is 86.9 Å². The van der Waals surface area contributed by atoms with E-state index in [1.807, 2.05) is 19.1 Å². The van der Waals surface area contributed by atoms with Crippen molar-refractivity contribution in [3.8, 4) is 0 Å². The van der Waals surface area contributed by atoms with Crippen LogP contribution < -0.4 is 10.0 Å². The number of anilines is 1. The molecule has 114 valence electrons. The van der Waals surface area contributed by atoms with E-state index in [0.717, 1.165) is 18.7 Å². The van der Waals surface area contributed by atoms with Gasteiger partial charge in [0.1, 0.15) is 4.90 Å². The van der Waals surface area contributed by atoms with Gasteiger partial charge in [-0.3, -0.25) is 9.82 Å². The van der Waals surface area contributed by atoms with Gasteiger partial charge in [-0.1, -0.05) is 19.1 Å². The SMILES string of the molecule is CCNCc1ccc(NS(=O)(=O)c2c(C)n[nH]c2C)cc1. The number of rotatable bonds is 6. The van der Waals surface area contributed by atoms with Crippen LogP contribution in [0.15, 0.2) is 29.2 Å². The summed E-state index contributed by atoms with van der Waals surface area (Å²) in [5.41, 5.74) is 2.64. The number of hydrogen-bond acceptors (Lipinski definition) is 4. The minimum absolute atomic E-state index is 0.208. The van der Waals surface area contributed by atoms with Gasteiger partial charge in [0.05, 0.1) is 11.4 Å². The van der Waals surface area contributed by atoms with Gasteiger partial charge < -0.3 is 5.32 Å². The second-order valence-corrected chi connectivity index (χ2v) is 6.47. The maximum Gasteiger partial charge on any atom is 0.265 e. The van der Waals surface area contributed by atoms with Gasteiger partial charge in [0.2, 0.25) is 0 Å². The summed E-state index contributed by atoms with van der Waals surface area (Å²) in [5.74, 6) is 0. The van der Waals surface area contributed by atoms with Crippen LogP contribution in [0.4, 0.5) is 5.69 Å². The molecule has 0 spiro atoms. The molecule has 2 rings (SSSR count). The molecular weight excluding hydrogens is 288 g/mol. The number of benzene rings is 1. The summed E-state index contributed by atoms with van der Waals surface area (Å²) >= 11 is 0. The Labute approximate surface area is 125 Å². The van der Waals surface area contributed by atoms with Crippen molar-refractivity contribution in [2.75, 3.05) is 11.3 Å². The third-order valence-electron chi connectivity index (χ3n) is 3.11. The fourth-order valence-electron chi connectivity index (χ4n) is 2.10. The lowest BCUT2D eigenvalue weighted by Gasteiger charge is -2.09. The highest BCUT2D eigenvalue weighted by Crippen LogP contribution is 2.21. The van der Waals surface area contributed by atoms with Crippen LogP contribution in [0, 0.1) is 13.8 Å². The minimum atomic E-state index is -3.62. The molecule has 3 N–H and O–H groups in total. The highest BCUT2D eigenvalue weighted by atomic mass is 32.2. The Morgan fingerprint density at radius 2 is 1.86 bits per heavy atom. The van der Waals surface area contributed by atoms with Crippen LogP contribution in [0.2, 0.25) is 0 Å². The first-order chi connectivity index (χ1) is 9.94. The number of aryl methyl sites for hydroxylation is 2. The number of nitrogens with zero attached hydrogens (tertiary/aromatic N) is 1. The molecule has 0 saturated carbocycles. The predicted octanol–water partition coefficient (Wildman–Crippen LogP) is 1.94. The lowest BCUT2D eigenvalue weighted by molar-refractivity contribution is 0.600. The Morgan fingerprint density at radius 3 is 2.38 bits per heavy atom. The van der Waals surface area contributed by atoms with E-state index in [2.05, 4.69) is 20.2 Å². The Kier molecular flexibility index (Phi) is 4.64. The minimum Gasteiger partial charge on any atom is -0.313 e. The Hall–Kier alpha value is -1.86. The van der Waals surface area contributed by atoms with Crippen molar-refractivity contribution >= 4 is 15.7 Å².